The number of likely N-dealkylation sites (tertiary alicyclic amines) is 1. The molecule has 1 fully saturated rings. The van der Waals surface area contributed by atoms with Crippen LogP contribution in [-0.2, 0) is 11.2 Å². The molecule has 0 aliphatic carbocycles. The van der Waals surface area contributed by atoms with Crippen molar-refractivity contribution in [3.8, 4) is 11.5 Å². The summed E-state index contributed by atoms with van der Waals surface area (Å²) in [5, 5.41) is 1.04. The number of benzene rings is 2. The number of carbonyl (C=O) groups excluding carboxylic acids is 1. The number of hydrogen-bond donors (Lipinski definition) is 0. The van der Waals surface area contributed by atoms with Crippen molar-refractivity contribution in [2.24, 2.45) is 5.92 Å². The molecule has 0 N–H and O–H groups in total. The molecule has 0 unspecified atom stereocenters. The predicted octanol–water partition coefficient (Wildman–Crippen LogP) is 4.37. The average Bonchev–Trinajstić information content (AvgIpc) is 2.83. The maximum absolute atomic E-state index is 14.6. The van der Waals surface area contributed by atoms with Crippen molar-refractivity contribution in [1.29, 1.82) is 0 Å². The molecule has 1 amide bonds. The van der Waals surface area contributed by atoms with Gasteiger partial charge in [0.1, 0.15) is 12.4 Å². The fourth-order valence-electron chi connectivity index (χ4n) is 4.90. The van der Waals surface area contributed by atoms with Crippen LogP contribution in [-0.4, -0.2) is 55.7 Å². The number of halogens is 1. The highest BCUT2D eigenvalue weighted by atomic mass is 19.1. The number of piperidine rings is 1. The minimum atomic E-state index is -0.389. The molecule has 2 aromatic carbocycles. The van der Waals surface area contributed by atoms with Crippen molar-refractivity contribution < 1.29 is 18.7 Å². The Kier molecular flexibility index (Phi) is 6.37. The molecule has 2 aliphatic rings. The minimum Gasteiger partial charge on any atom is -0.492 e. The van der Waals surface area contributed by atoms with Crippen molar-refractivity contribution in [2.45, 2.75) is 26.2 Å². The summed E-state index contributed by atoms with van der Waals surface area (Å²) in [6, 6.07) is 13.5. The molecular formula is C27H30FN3O3. The van der Waals surface area contributed by atoms with Gasteiger partial charge in [-0.3, -0.25) is 14.7 Å². The van der Waals surface area contributed by atoms with Crippen molar-refractivity contribution in [2.75, 3.05) is 44.8 Å². The van der Waals surface area contributed by atoms with Gasteiger partial charge in [-0.15, -0.1) is 0 Å². The largest absolute Gasteiger partial charge is 0.492 e. The minimum absolute atomic E-state index is 0.112. The van der Waals surface area contributed by atoms with Crippen molar-refractivity contribution >= 4 is 22.5 Å². The Bertz CT molecular complexity index is 1210. The van der Waals surface area contributed by atoms with Gasteiger partial charge >= 0.3 is 0 Å². The van der Waals surface area contributed by atoms with Crippen molar-refractivity contribution in [3.05, 3.63) is 59.5 Å². The number of aryl methyl sites for hydroxylation is 1. The normalized spacial score (nSPS) is 17.0. The van der Waals surface area contributed by atoms with Crippen LogP contribution in [0.25, 0.3) is 10.9 Å². The lowest BCUT2D eigenvalue weighted by Crippen LogP contribution is -2.37. The molecular weight excluding hydrogens is 433 g/mol. The van der Waals surface area contributed by atoms with Gasteiger partial charge in [0.15, 0.2) is 18.2 Å². The molecule has 0 saturated carbocycles. The Morgan fingerprint density at radius 1 is 1.18 bits per heavy atom. The predicted molar refractivity (Wildman–Crippen MR) is 130 cm³/mol. The molecule has 34 heavy (non-hydrogen) atoms. The molecule has 0 bridgehead atoms. The summed E-state index contributed by atoms with van der Waals surface area (Å²) in [6.07, 6.45) is 2.92. The maximum atomic E-state index is 14.6. The van der Waals surface area contributed by atoms with Crippen LogP contribution >= 0.6 is 0 Å². The maximum Gasteiger partial charge on any atom is 0.264 e. The Balaban J connectivity index is 1.13. The second-order valence-electron chi connectivity index (χ2n) is 9.28. The number of ether oxygens (including phenoxy) is 2. The van der Waals surface area contributed by atoms with E-state index in [-0.39, 0.29) is 24.1 Å². The zero-order valence-electron chi connectivity index (χ0n) is 19.7. The van der Waals surface area contributed by atoms with Crippen LogP contribution in [0, 0.1) is 18.7 Å². The first-order valence-corrected chi connectivity index (χ1v) is 11.9. The van der Waals surface area contributed by atoms with Gasteiger partial charge in [0, 0.05) is 24.7 Å². The number of hydrogen-bond acceptors (Lipinski definition) is 5. The number of pyridine rings is 1. The van der Waals surface area contributed by atoms with Gasteiger partial charge < -0.3 is 14.4 Å². The van der Waals surface area contributed by atoms with E-state index in [1.807, 2.05) is 37.3 Å². The molecule has 7 heteroatoms. The molecule has 3 heterocycles. The van der Waals surface area contributed by atoms with Gasteiger partial charge in [-0.05, 0) is 87.2 Å². The zero-order chi connectivity index (χ0) is 23.7. The molecule has 3 aromatic rings. The second-order valence-corrected chi connectivity index (χ2v) is 9.28. The Morgan fingerprint density at radius 3 is 2.82 bits per heavy atom. The third kappa shape index (κ3) is 4.71. The van der Waals surface area contributed by atoms with E-state index in [1.54, 1.807) is 13.1 Å². The van der Waals surface area contributed by atoms with E-state index >= 15 is 0 Å². The van der Waals surface area contributed by atoms with E-state index in [9.17, 15) is 9.18 Å². The number of carbonyl (C=O) groups is 1. The topological polar surface area (TPSA) is 54.9 Å². The smallest absolute Gasteiger partial charge is 0.264 e. The summed E-state index contributed by atoms with van der Waals surface area (Å²) >= 11 is 0. The van der Waals surface area contributed by atoms with Gasteiger partial charge in [0.25, 0.3) is 5.91 Å². The van der Waals surface area contributed by atoms with Gasteiger partial charge in [-0.25, -0.2) is 4.39 Å². The quantitative estimate of drug-likeness (QED) is 0.543. The third-order valence-electron chi connectivity index (χ3n) is 6.89. The summed E-state index contributed by atoms with van der Waals surface area (Å²) in [7, 11) is 1.67. The number of anilines is 1. The van der Waals surface area contributed by atoms with Gasteiger partial charge in [-0.2, -0.15) is 0 Å². The number of rotatable bonds is 6. The Labute approximate surface area is 199 Å². The van der Waals surface area contributed by atoms with E-state index in [2.05, 4.69) is 16.0 Å². The first-order chi connectivity index (χ1) is 16.5. The lowest BCUT2D eigenvalue weighted by molar-refractivity contribution is -0.121. The first kappa shape index (κ1) is 22.6. The molecule has 0 spiro atoms. The average molecular weight is 464 g/mol. The number of likely N-dealkylation sites (N-methyl/N-ethyl adjacent to an activating group) is 1. The van der Waals surface area contributed by atoms with Crippen molar-refractivity contribution in [3.63, 3.8) is 0 Å². The standard InChI is InChI=1S/C27H30FN3O3/c1-18-6-7-21-23(29-18)4-3-5-25(21)33-13-12-31-10-8-19(9-11-31)14-20-15-22(28)27-24(16-20)30(2)26(32)17-34-27/h3-7,15-16,19H,8-14,17H2,1-2H3. The fraction of sp³-hybridized carbons (Fsp3) is 0.407. The molecule has 1 aromatic heterocycles. The van der Waals surface area contributed by atoms with E-state index < -0.39 is 0 Å². The molecule has 0 radical (unpaired) electrons. The molecule has 5 rings (SSSR count). The molecule has 1 saturated heterocycles. The molecule has 6 nitrogen and oxygen atoms in total. The number of nitrogens with zero attached hydrogens (tertiary/aromatic N) is 3. The van der Waals surface area contributed by atoms with Crippen LogP contribution in [0.5, 0.6) is 11.5 Å². The van der Waals surface area contributed by atoms with Crippen LogP contribution in [0.15, 0.2) is 42.5 Å². The SMILES string of the molecule is Cc1ccc2c(OCCN3CCC(Cc4cc(F)c5c(c4)N(C)C(=O)CO5)CC3)cccc2n1. The highest BCUT2D eigenvalue weighted by molar-refractivity contribution is 5.97. The van der Waals surface area contributed by atoms with Crippen LogP contribution < -0.4 is 14.4 Å². The molecule has 0 atom stereocenters. The van der Waals surface area contributed by atoms with E-state index in [0.717, 1.165) is 66.8 Å². The molecule has 2 aliphatic heterocycles. The van der Waals surface area contributed by atoms with E-state index in [4.69, 9.17) is 9.47 Å². The van der Waals surface area contributed by atoms with Crippen molar-refractivity contribution in [1.82, 2.24) is 9.88 Å². The summed E-state index contributed by atoms with van der Waals surface area (Å²) < 4.78 is 26.0. The van der Waals surface area contributed by atoms with Crippen LogP contribution in [0.3, 0.4) is 0 Å². The lowest BCUT2D eigenvalue weighted by Gasteiger charge is -2.32. The Hall–Kier alpha value is -3.19. The zero-order valence-corrected chi connectivity index (χ0v) is 19.7. The third-order valence-corrected chi connectivity index (χ3v) is 6.89. The highest BCUT2D eigenvalue weighted by Crippen LogP contribution is 2.36. The van der Waals surface area contributed by atoms with Gasteiger partial charge in [-0.1, -0.05) is 6.07 Å². The summed E-state index contributed by atoms with van der Waals surface area (Å²) in [6.45, 7) is 5.39. The Morgan fingerprint density at radius 2 is 2.00 bits per heavy atom. The van der Waals surface area contributed by atoms with E-state index in [1.165, 1.54) is 4.90 Å². The van der Waals surface area contributed by atoms with Crippen LogP contribution in [0.1, 0.15) is 24.1 Å². The first-order valence-electron chi connectivity index (χ1n) is 11.9. The monoisotopic (exact) mass is 463 g/mol. The lowest BCUT2D eigenvalue weighted by atomic mass is 9.90. The van der Waals surface area contributed by atoms with Gasteiger partial charge in [0.2, 0.25) is 0 Å². The number of fused-ring (bicyclic) bond motifs is 2. The second kappa shape index (κ2) is 9.58. The van der Waals surface area contributed by atoms with Gasteiger partial charge in [0.05, 0.1) is 11.2 Å². The van der Waals surface area contributed by atoms with Crippen LogP contribution in [0.4, 0.5) is 10.1 Å². The highest BCUT2D eigenvalue weighted by Gasteiger charge is 2.27. The summed E-state index contributed by atoms with van der Waals surface area (Å²) in [5.74, 6) is 1.00. The molecule has 178 valence electrons. The van der Waals surface area contributed by atoms with Crippen LogP contribution in [0.2, 0.25) is 0 Å². The summed E-state index contributed by atoms with van der Waals surface area (Å²) in [4.78, 5) is 20.4. The number of aromatic nitrogens is 1. The van der Waals surface area contributed by atoms with E-state index in [0.29, 0.717) is 18.2 Å². The number of amides is 1. The fourth-order valence-corrected chi connectivity index (χ4v) is 4.90. The summed E-state index contributed by atoms with van der Waals surface area (Å²) in [5.41, 5.74) is 3.40.